The highest BCUT2D eigenvalue weighted by molar-refractivity contribution is 6.23. The molecule has 6 fully saturated rings. The maximum Gasteiger partial charge on any atom is 0.320 e. The number of hydrogen-bond donors (Lipinski definition) is 4. The Morgan fingerprint density at radius 3 is 2.33 bits per heavy atom. The summed E-state index contributed by atoms with van der Waals surface area (Å²) in [7, 11) is 1.84. The average Bonchev–Trinajstić information content (AvgIpc) is 3.50. The van der Waals surface area contributed by atoms with Gasteiger partial charge in [0.05, 0.1) is 23.4 Å². The second-order valence-corrected chi connectivity index (χ2v) is 17.9. The largest absolute Gasteiger partial charge is 0.373 e. The number of likely N-dealkylation sites (tertiary alicyclic amines) is 1. The lowest BCUT2D eigenvalue weighted by atomic mass is 9.89. The molecule has 3 unspecified atom stereocenters. The van der Waals surface area contributed by atoms with Crippen LogP contribution >= 0.6 is 0 Å². The van der Waals surface area contributed by atoms with E-state index in [1.54, 1.807) is 23.2 Å². The summed E-state index contributed by atoms with van der Waals surface area (Å²) in [6.45, 7) is 7.99. The van der Waals surface area contributed by atoms with Gasteiger partial charge < -0.3 is 40.7 Å². The van der Waals surface area contributed by atoms with Gasteiger partial charge in [-0.3, -0.25) is 29.4 Å². The predicted octanol–water partition coefficient (Wildman–Crippen LogP) is 2.47. The van der Waals surface area contributed by atoms with Crippen LogP contribution in [0.5, 0.6) is 0 Å². The van der Waals surface area contributed by atoms with Gasteiger partial charge in [0.2, 0.25) is 11.8 Å². The van der Waals surface area contributed by atoms with Gasteiger partial charge in [-0.05, 0) is 105 Å². The number of fused-ring (bicyclic) bond motifs is 2. The van der Waals surface area contributed by atoms with E-state index >= 15 is 0 Å². The van der Waals surface area contributed by atoms with Gasteiger partial charge in [0.15, 0.2) is 5.82 Å². The third-order valence-corrected chi connectivity index (χ3v) is 14.3. The van der Waals surface area contributed by atoms with Crippen molar-refractivity contribution >= 4 is 52.7 Å². The van der Waals surface area contributed by atoms with E-state index in [1.165, 1.54) is 5.56 Å². The number of hydrogen-bond acceptors (Lipinski definition) is 13. The summed E-state index contributed by atoms with van der Waals surface area (Å²) >= 11 is 0. The van der Waals surface area contributed by atoms with Gasteiger partial charge in [0.25, 0.3) is 11.8 Å². The van der Waals surface area contributed by atoms with Crippen molar-refractivity contribution in [3.63, 3.8) is 0 Å². The quantitative estimate of drug-likeness (QED) is 0.172. The number of imide groups is 2. The molecule has 1 aromatic heterocycles. The molecule has 2 aromatic carbocycles. The van der Waals surface area contributed by atoms with Crippen molar-refractivity contribution < 1.29 is 29.1 Å². The van der Waals surface area contributed by atoms with Crippen molar-refractivity contribution in [2.75, 3.05) is 81.1 Å². The number of aliphatic hydroxyl groups is 1. The fraction of sp³-hybridized carbons (Fsp3) is 0.523. The Balaban J connectivity index is 0.706. The maximum absolute atomic E-state index is 13.4. The molecule has 5 saturated heterocycles. The van der Waals surface area contributed by atoms with Crippen LogP contribution in [0.3, 0.4) is 0 Å². The number of benzene rings is 2. The van der Waals surface area contributed by atoms with Crippen LogP contribution in [0.1, 0.15) is 82.6 Å². The van der Waals surface area contributed by atoms with Crippen molar-refractivity contribution in [1.29, 1.82) is 0 Å². The van der Waals surface area contributed by atoms with Gasteiger partial charge in [0.1, 0.15) is 23.8 Å². The molecule has 10 rings (SSSR count). The molecule has 0 spiro atoms. The van der Waals surface area contributed by atoms with E-state index in [-0.39, 0.29) is 36.5 Å². The number of urea groups is 1. The summed E-state index contributed by atoms with van der Waals surface area (Å²) in [4.78, 5) is 84.6. The molecule has 17 heteroatoms. The standard InChI is InChI=1S/C44H53N11O6/c1-50-17-18-54(44(50)61)29-3-2-14-52(21-29)36-20-46-38(39(45)57)40(48-36)47-27-6-4-25(5-7-27)26-12-15-51(16-13-26)22-32-33-23-53(24-34(32)33)28-8-9-30-31(19-28)43(60)55(42(30)59)35-10-11-37(56)49-41(35)58/h4-9,19-20,26,29,32-35,39,57H,2-3,10-18,21-24,45H2,1H3,(H,47,48)(H,49,56,58)/t29-,32?,33-,34+,35?,39?/m1/s1. The van der Waals surface area contributed by atoms with Crippen molar-refractivity contribution in [2.24, 2.45) is 23.5 Å². The Bertz CT molecular complexity index is 2250. The number of aliphatic hydroxyl groups excluding tert-OH is 1. The van der Waals surface area contributed by atoms with Gasteiger partial charge in [-0.2, -0.15) is 0 Å². The van der Waals surface area contributed by atoms with E-state index in [2.05, 4.69) is 54.6 Å². The number of amides is 6. The Morgan fingerprint density at radius 1 is 0.869 bits per heavy atom. The molecule has 7 aliphatic rings. The first-order chi connectivity index (χ1) is 29.5. The van der Waals surface area contributed by atoms with Crippen LogP contribution in [0, 0.1) is 17.8 Å². The van der Waals surface area contributed by atoms with Crippen LogP contribution in [-0.2, 0) is 9.59 Å². The van der Waals surface area contributed by atoms with E-state index in [0.29, 0.717) is 53.0 Å². The molecular weight excluding hydrogens is 779 g/mol. The van der Waals surface area contributed by atoms with Crippen molar-refractivity contribution in [3.05, 3.63) is 71.0 Å². The Hall–Kier alpha value is -5.65. The highest BCUT2D eigenvalue weighted by Gasteiger charge is 2.56. The highest BCUT2D eigenvalue weighted by atomic mass is 16.3. The molecule has 6 amide bonds. The molecule has 61 heavy (non-hydrogen) atoms. The molecule has 6 aliphatic heterocycles. The third-order valence-electron chi connectivity index (χ3n) is 14.3. The van der Waals surface area contributed by atoms with Crippen molar-refractivity contribution in [2.45, 2.75) is 62.8 Å². The Kier molecular flexibility index (Phi) is 10.1. The van der Waals surface area contributed by atoms with E-state index in [1.807, 2.05) is 18.0 Å². The van der Waals surface area contributed by atoms with E-state index in [4.69, 9.17) is 10.7 Å². The molecular formula is C44H53N11O6. The lowest BCUT2D eigenvalue weighted by Crippen LogP contribution is -2.54. The van der Waals surface area contributed by atoms with Crippen LogP contribution in [0.4, 0.5) is 27.8 Å². The number of carbonyl (C=O) groups is 5. The van der Waals surface area contributed by atoms with Gasteiger partial charge in [0, 0.05) is 70.7 Å². The summed E-state index contributed by atoms with van der Waals surface area (Å²) in [5.74, 6) is 1.50. The van der Waals surface area contributed by atoms with Crippen LogP contribution in [0.2, 0.25) is 0 Å². The number of nitrogens with two attached hydrogens (primary N) is 1. The minimum absolute atomic E-state index is 0.0744. The number of nitrogens with one attached hydrogen (secondary N) is 2. The van der Waals surface area contributed by atoms with Gasteiger partial charge in [-0.25, -0.2) is 14.8 Å². The lowest BCUT2D eigenvalue weighted by molar-refractivity contribution is -0.136. The second kappa shape index (κ2) is 15.7. The highest BCUT2D eigenvalue weighted by Crippen LogP contribution is 2.53. The molecule has 5 N–H and O–H groups in total. The minimum atomic E-state index is -1.29. The number of nitrogens with zero attached hydrogens (tertiary/aromatic N) is 8. The first kappa shape index (κ1) is 39.5. The molecule has 0 bridgehead atoms. The number of anilines is 4. The molecule has 320 valence electrons. The normalized spacial score (nSPS) is 27.5. The number of rotatable bonds is 10. The molecule has 7 heterocycles. The zero-order valence-electron chi connectivity index (χ0n) is 34.4. The molecule has 1 saturated carbocycles. The topological polar surface area (TPSA) is 201 Å². The number of carbonyl (C=O) groups excluding carboxylic acids is 5. The van der Waals surface area contributed by atoms with Crippen LogP contribution in [0.25, 0.3) is 0 Å². The predicted molar refractivity (Wildman–Crippen MR) is 225 cm³/mol. The average molecular weight is 832 g/mol. The first-order valence-corrected chi connectivity index (χ1v) is 21.8. The number of aromatic nitrogens is 2. The molecule has 3 aromatic rings. The zero-order valence-corrected chi connectivity index (χ0v) is 34.4. The zero-order chi connectivity index (χ0) is 42.1. The fourth-order valence-electron chi connectivity index (χ4n) is 10.8. The maximum atomic E-state index is 13.4. The molecule has 1 aliphatic carbocycles. The van der Waals surface area contributed by atoms with Crippen molar-refractivity contribution in [3.8, 4) is 0 Å². The van der Waals surface area contributed by atoms with E-state index < -0.39 is 30.0 Å². The molecule has 6 atom stereocenters. The van der Waals surface area contributed by atoms with Crippen molar-refractivity contribution in [1.82, 2.24) is 34.9 Å². The van der Waals surface area contributed by atoms with Crippen LogP contribution in [-0.4, -0.2) is 142 Å². The summed E-state index contributed by atoms with van der Waals surface area (Å²) in [6.07, 6.45) is 4.67. The minimum Gasteiger partial charge on any atom is -0.373 e. The number of likely N-dealkylation sites (N-methyl/N-ethyl adjacent to an activating group) is 1. The Morgan fingerprint density at radius 2 is 1.62 bits per heavy atom. The van der Waals surface area contributed by atoms with Crippen LogP contribution in [0.15, 0.2) is 48.7 Å². The lowest BCUT2D eigenvalue weighted by Gasteiger charge is -2.38. The van der Waals surface area contributed by atoms with E-state index in [0.717, 1.165) is 94.3 Å². The van der Waals surface area contributed by atoms with E-state index in [9.17, 15) is 29.1 Å². The number of piperidine rings is 4. The SMILES string of the molecule is CN1CCN([C@@H]2CCCN(c3cnc(C(N)O)c(Nc4ccc(C5CCN(CC6[C@H]7CN(c8ccc9c(c8)C(=O)N(C8CCC(=O)NC8=O)C9=O)C[C@@H]67)CC5)cc4)n3)C2)C1=O. The summed E-state index contributed by atoms with van der Waals surface area (Å²) in [5.41, 5.74) is 9.89. The summed E-state index contributed by atoms with van der Waals surface area (Å²) in [6, 6.07) is 13.1. The second-order valence-electron chi connectivity index (χ2n) is 17.9. The fourth-order valence-corrected chi connectivity index (χ4v) is 10.8. The first-order valence-electron chi connectivity index (χ1n) is 21.8. The third kappa shape index (κ3) is 7.35. The van der Waals surface area contributed by atoms with Crippen LogP contribution < -0.4 is 26.2 Å². The summed E-state index contributed by atoms with van der Waals surface area (Å²) < 4.78 is 0. The molecule has 17 nitrogen and oxygen atoms in total. The summed E-state index contributed by atoms with van der Waals surface area (Å²) in [5, 5.41) is 16.0. The monoisotopic (exact) mass is 831 g/mol. The Labute approximate surface area is 354 Å². The van der Waals surface area contributed by atoms with Gasteiger partial charge in [-0.1, -0.05) is 12.1 Å². The van der Waals surface area contributed by atoms with Gasteiger partial charge >= 0.3 is 6.03 Å². The smallest absolute Gasteiger partial charge is 0.320 e. The van der Waals surface area contributed by atoms with Gasteiger partial charge in [-0.15, -0.1) is 0 Å². The molecule has 0 radical (unpaired) electrons.